The normalized spacial score (nSPS) is 9.26. The highest BCUT2D eigenvalue weighted by atomic mass is 19.1. The van der Waals surface area contributed by atoms with Crippen LogP contribution in [0.25, 0.3) is 0 Å². The van der Waals surface area contributed by atoms with E-state index in [1.54, 1.807) is 6.07 Å². The molecule has 0 amide bonds. The quantitative estimate of drug-likeness (QED) is 0.372. The van der Waals surface area contributed by atoms with Crippen molar-refractivity contribution in [3.63, 3.8) is 0 Å². The Balaban J connectivity index is 2.65. The maximum Gasteiger partial charge on any atom is 0.270 e. The molecule has 2 rings (SSSR count). The smallest absolute Gasteiger partial charge is 0.270 e. The van der Waals surface area contributed by atoms with Gasteiger partial charge in [-0.15, -0.1) is 0 Å². The summed E-state index contributed by atoms with van der Waals surface area (Å²) in [5.41, 5.74) is -2.13. The van der Waals surface area contributed by atoms with Crippen molar-refractivity contribution >= 4 is 17.2 Å². The fourth-order valence-corrected chi connectivity index (χ4v) is 2.15. The van der Waals surface area contributed by atoms with E-state index in [1.165, 1.54) is 30.3 Å². The number of benzene rings is 2. The summed E-state index contributed by atoms with van der Waals surface area (Å²) in [4.78, 5) is 23.0. The number of nitro benzene ring substituents is 1. The molecule has 0 saturated heterocycles. The van der Waals surface area contributed by atoms with E-state index in [0.717, 1.165) is 24.3 Å². The maximum atomic E-state index is 14.0. The van der Waals surface area contributed by atoms with Gasteiger partial charge in [-0.3, -0.25) is 14.9 Å². The molecule has 0 atom stereocenters. The molecular formula is C18H8FN5O3. The number of rotatable bonds is 5. The highest BCUT2D eigenvalue weighted by molar-refractivity contribution is 6.13. The minimum atomic E-state index is -0.868. The average molecular weight is 361 g/mol. The van der Waals surface area contributed by atoms with E-state index in [9.17, 15) is 19.3 Å². The third-order valence-corrected chi connectivity index (χ3v) is 3.42. The third-order valence-electron chi connectivity index (χ3n) is 3.42. The Morgan fingerprint density at radius 3 is 2.26 bits per heavy atom. The fourth-order valence-electron chi connectivity index (χ4n) is 2.15. The van der Waals surface area contributed by atoms with Crippen molar-refractivity contribution in [1.29, 1.82) is 15.8 Å². The van der Waals surface area contributed by atoms with E-state index in [-0.39, 0.29) is 16.8 Å². The second-order valence-corrected chi connectivity index (χ2v) is 5.01. The molecule has 1 N–H and O–H groups in total. The number of nitriles is 3. The summed E-state index contributed by atoms with van der Waals surface area (Å²) in [6.07, 6.45) is 0. The Morgan fingerprint density at radius 1 is 1.04 bits per heavy atom. The zero-order valence-corrected chi connectivity index (χ0v) is 13.4. The van der Waals surface area contributed by atoms with Crippen molar-refractivity contribution in [3.05, 3.63) is 80.8 Å². The Kier molecular flexibility index (Phi) is 5.58. The average Bonchev–Trinajstić information content (AvgIpc) is 2.67. The number of non-ortho nitro benzene ring substituents is 1. The van der Waals surface area contributed by atoms with Crippen molar-refractivity contribution < 1.29 is 14.1 Å². The number of allylic oxidation sites excluding steroid dienone is 2. The van der Waals surface area contributed by atoms with Gasteiger partial charge in [0.15, 0.2) is 11.4 Å². The predicted molar refractivity (Wildman–Crippen MR) is 90.4 cm³/mol. The molecule has 0 heterocycles. The van der Waals surface area contributed by atoms with Gasteiger partial charge in [-0.25, -0.2) is 4.39 Å². The summed E-state index contributed by atoms with van der Waals surface area (Å²) in [5, 5.41) is 40.4. The Bertz CT molecular complexity index is 1090. The lowest BCUT2D eigenvalue weighted by atomic mass is 10.00. The lowest BCUT2D eigenvalue weighted by Gasteiger charge is -2.11. The molecule has 2 aromatic rings. The van der Waals surface area contributed by atoms with Crippen molar-refractivity contribution in [2.75, 3.05) is 5.32 Å². The van der Waals surface area contributed by atoms with Gasteiger partial charge in [0.25, 0.3) is 5.69 Å². The first kappa shape index (κ1) is 18.8. The van der Waals surface area contributed by atoms with Gasteiger partial charge < -0.3 is 5.32 Å². The molecule has 0 fully saturated rings. The summed E-state index contributed by atoms with van der Waals surface area (Å²) in [6, 6.07) is 12.8. The molecule has 2 aromatic carbocycles. The van der Waals surface area contributed by atoms with Gasteiger partial charge in [-0.1, -0.05) is 12.1 Å². The summed E-state index contributed by atoms with van der Waals surface area (Å²) in [5.74, 6) is -1.70. The topological polar surface area (TPSA) is 144 Å². The number of halogens is 1. The molecule has 0 aliphatic carbocycles. The standard InChI is InChI=1S/C18H8FN5O3/c19-15-4-2-1-3-13(15)18(25)14-7-12(24(26)27)5-6-16(14)23-17(10-22)11(8-20)9-21/h1-7,23H. The summed E-state index contributed by atoms with van der Waals surface area (Å²) in [6.45, 7) is 0. The largest absolute Gasteiger partial charge is 0.345 e. The summed E-state index contributed by atoms with van der Waals surface area (Å²) >= 11 is 0. The van der Waals surface area contributed by atoms with Crippen LogP contribution in [-0.4, -0.2) is 10.7 Å². The van der Waals surface area contributed by atoms with Gasteiger partial charge >= 0.3 is 0 Å². The first-order chi connectivity index (χ1) is 12.9. The van der Waals surface area contributed by atoms with Crippen LogP contribution in [0.15, 0.2) is 53.7 Å². The molecule has 9 heteroatoms. The van der Waals surface area contributed by atoms with Crippen molar-refractivity contribution in [3.8, 4) is 18.2 Å². The van der Waals surface area contributed by atoms with Crippen molar-refractivity contribution in [2.24, 2.45) is 0 Å². The minimum absolute atomic E-state index is 0.0894. The lowest BCUT2D eigenvalue weighted by molar-refractivity contribution is -0.384. The number of nitro groups is 1. The molecule has 8 nitrogen and oxygen atoms in total. The number of anilines is 1. The van der Waals surface area contributed by atoms with Gasteiger partial charge in [0.1, 0.15) is 29.7 Å². The van der Waals surface area contributed by atoms with Crippen LogP contribution < -0.4 is 5.32 Å². The monoisotopic (exact) mass is 361 g/mol. The molecule has 0 aromatic heterocycles. The number of nitrogens with zero attached hydrogens (tertiary/aromatic N) is 4. The number of hydrogen-bond acceptors (Lipinski definition) is 7. The van der Waals surface area contributed by atoms with Gasteiger partial charge in [0.05, 0.1) is 21.7 Å². The second kappa shape index (κ2) is 8.02. The van der Waals surface area contributed by atoms with Crippen LogP contribution in [0.1, 0.15) is 15.9 Å². The minimum Gasteiger partial charge on any atom is -0.345 e. The van der Waals surface area contributed by atoms with Gasteiger partial charge in [-0.05, 0) is 18.2 Å². The Labute approximate surface area is 152 Å². The van der Waals surface area contributed by atoms with Gasteiger partial charge in [0, 0.05) is 12.1 Å². The Morgan fingerprint density at radius 2 is 1.70 bits per heavy atom. The molecule has 0 saturated carbocycles. The molecule has 0 radical (unpaired) electrons. The first-order valence-corrected chi connectivity index (χ1v) is 7.22. The molecule has 130 valence electrons. The highest BCUT2D eigenvalue weighted by Gasteiger charge is 2.21. The number of ketones is 1. The van der Waals surface area contributed by atoms with Crippen molar-refractivity contribution in [2.45, 2.75) is 0 Å². The van der Waals surface area contributed by atoms with E-state index in [2.05, 4.69) is 5.32 Å². The van der Waals surface area contributed by atoms with Crippen LogP contribution in [0, 0.1) is 49.9 Å². The zero-order valence-electron chi connectivity index (χ0n) is 13.4. The van der Waals surface area contributed by atoms with Gasteiger partial charge in [0.2, 0.25) is 0 Å². The number of carbonyl (C=O) groups excluding carboxylic acids is 1. The third kappa shape index (κ3) is 3.93. The summed E-state index contributed by atoms with van der Waals surface area (Å²) in [7, 11) is 0. The zero-order chi connectivity index (χ0) is 20.0. The van der Waals surface area contributed by atoms with E-state index in [4.69, 9.17) is 15.8 Å². The molecule has 0 aliphatic heterocycles. The van der Waals surface area contributed by atoms with Crippen LogP contribution >= 0.6 is 0 Å². The molecule has 0 spiro atoms. The Hall–Kier alpha value is -4.55. The van der Waals surface area contributed by atoms with Crippen LogP contribution in [0.5, 0.6) is 0 Å². The molecule has 0 bridgehead atoms. The molecule has 27 heavy (non-hydrogen) atoms. The molecular weight excluding hydrogens is 353 g/mol. The number of carbonyl (C=O) groups is 1. The van der Waals surface area contributed by atoms with Crippen LogP contribution in [0.3, 0.4) is 0 Å². The maximum absolute atomic E-state index is 14.0. The van der Waals surface area contributed by atoms with Gasteiger partial charge in [-0.2, -0.15) is 15.8 Å². The highest BCUT2D eigenvalue weighted by Crippen LogP contribution is 2.27. The van der Waals surface area contributed by atoms with Crippen molar-refractivity contribution in [1.82, 2.24) is 0 Å². The van der Waals surface area contributed by atoms with E-state index >= 15 is 0 Å². The van der Waals surface area contributed by atoms with Crippen LogP contribution in [-0.2, 0) is 0 Å². The fraction of sp³-hybridized carbons (Fsp3) is 0. The van der Waals surface area contributed by atoms with E-state index in [1.807, 2.05) is 0 Å². The van der Waals surface area contributed by atoms with Crippen LogP contribution in [0.4, 0.5) is 15.8 Å². The number of nitrogens with one attached hydrogen (secondary N) is 1. The molecule has 0 unspecified atom stereocenters. The summed E-state index contributed by atoms with van der Waals surface area (Å²) < 4.78 is 14.0. The number of hydrogen-bond donors (Lipinski definition) is 1. The molecule has 0 aliphatic rings. The van der Waals surface area contributed by atoms with E-state index in [0.29, 0.717) is 0 Å². The second-order valence-electron chi connectivity index (χ2n) is 5.01. The van der Waals surface area contributed by atoms with E-state index < -0.39 is 33.5 Å². The first-order valence-electron chi connectivity index (χ1n) is 7.22. The SMILES string of the molecule is N#CC(C#N)=C(C#N)Nc1ccc([N+](=O)[O-])cc1C(=O)c1ccccc1F. The van der Waals surface area contributed by atoms with Crippen LogP contribution in [0.2, 0.25) is 0 Å². The predicted octanol–water partition coefficient (Wildman–Crippen LogP) is 3.20. The lowest BCUT2D eigenvalue weighted by Crippen LogP contribution is -2.10.